The number of pyridine rings is 1. The van der Waals surface area contributed by atoms with Gasteiger partial charge in [-0.15, -0.1) is 5.10 Å². The maximum atomic E-state index is 14.4. The Hall–Kier alpha value is -2.76. The van der Waals surface area contributed by atoms with E-state index in [0.717, 1.165) is 23.8 Å². The monoisotopic (exact) mass is 352 g/mol. The number of aromatic nitrogens is 3. The van der Waals surface area contributed by atoms with E-state index in [1.165, 1.54) is 10.7 Å². The Bertz CT molecular complexity index is 975. The van der Waals surface area contributed by atoms with Gasteiger partial charge in [0.15, 0.2) is 5.65 Å². The molecule has 1 aromatic carbocycles. The maximum Gasteiger partial charge on any atom is 0.224 e. The summed E-state index contributed by atoms with van der Waals surface area (Å²) in [7, 11) is 0. The highest BCUT2D eigenvalue weighted by molar-refractivity contribution is 5.91. The number of amides is 1. The summed E-state index contributed by atoms with van der Waals surface area (Å²) in [5.41, 5.74) is 2.54. The molecule has 1 N–H and O–H groups in total. The molecule has 1 saturated carbocycles. The summed E-state index contributed by atoms with van der Waals surface area (Å²) in [6.45, 7) is 4.20. The van der Waals surface area contributed by atoms with Crippen molar-refractivity contribution in [1.29, 1.82) is 0 Å². The van der Waals surface area contributed by atoms with E-state index in [0.29, 0.717) is 35.3 Å². The van der Waals surface area contributed by atoms with Gasteiger partial charge in [0.25, 0.3) is 0 Å². The molecule has 3 aromatic rings. The first-order chi connectivity index (χ1) is 12.5. The first kappa shape index (κ1) is 16.7. The molecule has 2 aromatic heterocycles. The third-order valence-corrected chi connectivity index (χ3v) is 4.69. The Balaban J connectivity index is 1.64. The minimum absolute atomic E-state index is 0.0288. The molecule has 134 valence electrons. The molecule has 4 rings (SSSR count). The Morgan fingerprint density at radius 1 is 1.35 bits per heavy atom. The third-order valence-electron chi connectivity index (χ3n) is 4.69. The molecular formula is C20H21FN4O. The van der Waals surface area contributed by atoms with E-state index in [4.69, 9.17) is 0 Å². The van der Waals surface area contributed by atoms with Gasteiger partial charge in [-0.25, -0.2) is 14.1 Å². The van der Waals surface area contributed by atoms with E-state index in [1.807, 2.05) is 6.07 Å². The summed E-state index contributed by atoms with van der Waals surface area (Å²) in [6, 6.07) is 6.55. The Kier molecular flexibility index (Phi) is 4.18. The van der Waals surface area contributed by atoms with Gasteiger partial charge in [0.1, 0.15) is 11.5 Å². The zero-order valence-corrected chi connectivity index (χ0v) is 14.9. The molecule has 1 aliphatic carbocycles. The zero-order valence-electron chi connectivity index (χ0n) is 14.9. The largest absolute Gasteiger partial charge is 0.326 e. The molecule has 0 radical (unpaired) electrons. The Morgan fingerprint density at radius 2 is 2.15 bits per heavy atom. The topological polar surface area (TPSA) is 59.8 Å². The quantitative estimate of drug-likeness (QED) is 0.739. The molecule has 0 atom stereocenters. The Labute approximate surface area is 151 Å². The average Bonchev–Trinajstić information content (AvgIpc) is 3.31. The van der Waals surface area contributed by atoms with Gasteiger partial charge in [-0.2, -0.15) is 0 Å². The molecular weight excluding hydrogens is 331 g/mol. The standard InChI is InChI=1S/C20H21FN4O/c1-12(2)14-8-15-11-25(24-20(15)22-10-14)18-9-16(5-6-17(18)21)23-19(26)7-13-3-4-13/h5-6,8-13H,3-4,7H2,1-2H3,(H,23,26). The highest BCUT2D eigenvalue weighted by Gasteiger charge is 2.24. The van der Waals surface area contributed by atoms with Crippen LogP contribution in [0.2, 0.25) is 0 Å². The summed E-state index contributed by atoms with van der Waals surface area (Å²) in [5, 5.41) is 8.08. The van der Waals surface area contributed by atoms with Gasteiger partial charge in [0.2, 0.25) is 5.91 Å². The van der Waals surface area contributed by atoms with Crippen molar-refractivity contribution >= 4 is 22.6 Å². The summed E-state index contributed by atoms with van der Waals surface area (Å²) in [4.78, 5) is 16.4. The number of hydrogen-bond acceptors (Lipinski definition) is 3. The molecule has 6 heteroatoms. The number of rotatable bonds is 5. The van der Waals surface area contributed by atoms with Crippen molar-refractivity contribution in [2.24, 2.45) is 5.92 Å². The number of halogens is 1. The van der Waals surface area contributed by atoms with Gasteiger partial charge in [-0.1, -0.05) is 13.8 Å². The van der Waals surface area contributed by atoms with Crippen LogP contribution < -0.4 is 5.32 Å². The molecule has 0 aliphatic heterocycles. The van der Waals surface area contributed by atoms with Crippen LogP contribution >= 0.6 is 0 Å². The fourth-order valence-electron chi connectivity index (χ4n) is 2.93. The van der Waals surface area contributed by atoms with E-state index in [-0.39, 0.29) is 5.91 Å². The highest BCUT2D eigenvalue weighted by atomic mass is 19.1. The van der Waals surface area contributed by atoms with Gasteiger partial charge in [0.05, 0.1) is 0 Å². The number of nitrogens with one attached hydrogen (secondary N) is 1. The van der Waals surface area contributed by atoms with Crippen LogP contribution in [0.1, 0.15) is 44.6 Å². The van der Waals surface area contributed by atoms with Gasteiger partial charge >= 0.3 is 0 Å². The highest BCUT2D eigenvalue weighted by Crippen LogP contribution is 2.32. The van der Waals surface area contributed by atoms with E-state index in [1.54, 1.807) is 24.5 Å². The molecule has 0 unspecified atom stereocenters. The molecule has 0 bridgehead atoms. The van der Waals surface area contributed by atoms with Crippen LogP contribution in [0.4, 0.5) is 10.1 Å². The number of fused-ring (bicyclic) bond motifs is 1. The van der Waals surface area contributed by atoms with Gasteiger partial charge < -0.3 is 5.32 Å². The smallest absolute Gasteiger partial charge is 0.224 e. The number of nitrogens with zero attached hydrogens (tertiary/aromatic N) is 3. The number of benzene rings is 1. The van der Waals surface area contributed by atoms with Crippen LogP contribution in [0.25, 0.3) is 16.7 Å². The molecule has 1 aliphatic rings. The second-order valence-electron chi connectivity index (χ2n) is 7.27. The summed E-state index contributed by atoms with van der Waals surface area (Å²) in [5.74, 6) is 0.436. The summed E-state index contributed by atoms with van der Waals surface area (Å²) >= 11 is 0. The molecule has 0 saturated heterocycles. The number of anilines is 1. The predicted octanol–water partition coefficient (Wildman–Crippen LogP) is 4.42. The lowest BCUT2D eigenvalue weighted by atomic mass is 10.1. The Morgan fingerprint density at radius 3 is 2.88 bits per heavy atom. The van der Waals surface area contributed by atoms with Gasteiger partial charge in [0, 0.05) is 29.9 Å². The lowest BCUT2D eigenvalue weighted by Crippen LogP contribution is -2.12. The van der Waals surface area contributed by atoms with Crippen LogP contribution in [-0.4, -0.2) is 20.7 Å². The van der Waals surface area contributed by atoms with Gasteiger partial charge in [-0.05, 0) is 54.5 Å². The molecule has 2 heterocycles. The second-order valence-corrected chi connectivity index (χ2v) is 7.27. The minimum Gasteiger partial charge on any atom is -0.326 e. The first-order valence-corrected chi connectivity index (χ1v) is 8.94. The lowest BCUT2D eigenvalue weighted by Gasteiger charge is -2.08. The number of carbonyl (C=O) groups excluding carboxylic acids is 1. The molecule has 0 spiro atoms. The third kappa shape index (κ3) is 3.45. The molecule has 5 nitrogen and oxygen atoms in total. The van der Waals surface area contributed by atoms with E-state index in [9.17, 15) is 9.18 Å². The minimum atomic E-state index is -0.401. The second kappa shape index (κ2) is 6.52. The molecule has 1 amide bonds. The van der Waals surface area contributed by atoms with Crippen molar-refractivity contribution in [2.75, 3.05) is 5.32 Å². The van der Waals surface area contributed by atoms with Crippen molar-refractivity contribution in [1.82, 2.24) is 14.8 Å². The normalized spacial score (nSPS) is 14.2. The fraction of sp³-hybridized carbons (Fsp3) is 0.350. The van der Waals surface area contributed by atoms with Crippen LogP contribution in [0.15, 0.2) is 36.7 Å². The average molecular weight is 352 g/mol. The SMILES string of the molecule is CC(C)c1cnc2nn(-c3cc(NC(=O)CC4CC4)ccc3F)cc2c1. The maximum absolute atomic E-state index is 14.4. The van der Waals surface area contributed by atoms with Crippen molar-refractivity contribution in [3.05, 3.63) is 48.0 Å². The van der Waals surface area contributed by atoms with E-state index in [2.05, 4.69) is 29.2 Å². The predicted molar refractivity (Wildman–Crippen MR) is 98.9 cm³/mol. The number of hydrogen-bond donors (Lipinski definition) is 1. The van der Waals surface area contributed by atoms with Crippen molar-refractivity contribution in [3.63, 3.8) is 0 Å². The van der Waals surface area contributed by atoms with Crippen molar-refractivity contribution in [3.8, 4) is 5.69 Å². The first-order valence-electron chi connectivity index (χ1n) is 8.94. The summed E-state index contributed by atoms with van der Waals surface area (Å²) in [6.07, 6.45) is 6.33. The van der Waals surface area contributed by atoms with Gasteiger partial charge in [-0.3, -0.25) is 4.79 Å². The fourth-order valence-corrected chi connectivity index (χ4v) is 2.93. The van der Waals surface area contributed by atoms with Crippen LogP contribution in [0.3, 0.4) is 0 Å². The van der Waals surface area contributed by atoms with Crippen LogP contribution in [0.5, 0.6) is 0 Å². The van der Waals surface area contributed by atoms with E-state index < -0.39 is 5.82 Å². The van der Waals surface area contributed by atoms with Crippen LogP contribution in [-0.2, 0) is 4.79 Å². The van der Waals surface area contributed by atoms with Crippen molar-refractivity contribution in [2.45, 2.75) is 39.0 Å². The van der Waals surface area contributed by atoms with Crippen molar-refractivity contribution < 1.29 is 9.18 Å². The molecule has 1 fully saturated rings. The lowest BCUT2D eigenvalue weighted by molar-refractivity contribution is -0.116. The zero-order chi connectivity index (χ0) is 18.3. The number of carbonyl (C=O) groups is 1. The summed E-state index contributed by atoms with van der Waals surface area (Å²) < 4.78 is 15.8. The van der Waals surface area contributed by atoms with Crippen LogP contribution in [0, 0.1) is 11.7 Å². The van der Waals surface area contributed by atoms with E-state index >= 15 is 0 Å². The molecule has 26 heavy (non-hydrogen) atoms.